The fraction of sp³-hybridized carbons (Fsp3) is 0.333. The number of hydrogen-bond acceptors (Lipinski definition) is 2. The molecule has 1 aliphatic rings. The molecule has 1 saturated carbocycles. The third kappa shape index (κ3) is 2.23. The Bertz CT molecular complexity index is 656. The molecule has 2 radical (unpaired) electrons. The number of Topliss-reactive ketones (excluding diaryl/α,β-unsaturated/α-hetero) is 1. The van der Waals surface area contributed by atoms with Gasteiger partial charge in [-0.1, -0.05) is 11.5 Å². The Morgan fingerprint density at radius 1 is 1.42 bits per heavy atom. The minimum atomic E-state index is -0.0127. The number of carbonyl (C=O) groups excluding carboxylic acids is 1. The van der Waals surface area contributed by atoms with Gasteiger partial charge >= 0.3 is 0 Å². The lowest BCUT2D eigenvalue weighted by molar-refractivity contribution is 0.101. The standard InChI is InChI=1S/C15H15BN2O/c1-9-5-13(16)12(10(2)19)6-15(9)18-7-14(17-8-18)11-3-4-11/h5-8,11H,3-4H2,1-2H3. The highest BCUT2D eigenvalue weighted by Crippen LogP contribution is 2.39. The zero-order chi connectivity index (χ0) is 13.6. The molecule has 0 bridgehead atoms. The summed E-state index contributed by atoms with van der Waals surface area (Å²) in [6.45, 7) is 3.53. The largest absolute Gasteiger partial charge is 0.306 e. The van der Waals surface area contributed by atoms with Gasteiger partial charge in [0.15, 0.2) is 5.78 Å². The molecule has 1 heterocycles. The molecule has 0 aliphatic heterocycles. The predicted molar refractivity (Wildman–Crippen MR) is 75.7 cm³/mol. The number of hydrogen-bond donors (Lipinski definition) is 0. The van der Waals surface area contributed by atoms with Crippen molar-refractivity contribution in [3.63, 3.8) is 0 Å². The van der Waals surface area contributed by atoms with Crippen LogP contribution in [0.3, 0.4) is 0 Å². The number of ketones is 1. The van der Waals surface area contributed by atoms with Gasteiger partial charge in [0, 0.05) is 17.7 Å². The average Bonchev–Trinajstić information content (AvgIpc) is 3.08. The van der Waals surface area contributed by atoms with Crippen LogP contribution in [0.15, 0.2) is 24.7 Å². The third-order valence-corrected chi connectivity index (χ3v) is 3.62. The summed E-state index contributed by atoms with van der Waals surface area (Å²) in [6, 6.07) is 3.70. The SMILES string of the molecule is [B]c1cc(C)c(-n2cnc(C3CC3)c2)cc1C(C)=O. The van der Waals surface area contributed by atoms with Gasteiger partial charge in [-0.3, -0.25) is 4.79 Å². The van der Waals surface area contributed by atoms with Crippen molar-refractivity contribution in [3.8, 4) is 5.69 Å². The summed E-state index contributed by atoms with van der Waals surface area (Å²) < 4.78 is 1.98. The number of aromatic nitrogens is 2. The van der Waals surface area contributed by atoms with Crippen LogP contribution in [0.5, 0.6) is 0 Å². The number of rotatable bonds is 3. The Kier molecular flexibility index (Phi) is 2.81. The van der Waals surface area contributed by atoms with Crippen LogP contribution in [-0.2, 0) is 0 Å². The second-order valence-corrected chi connectivity index (χ2v) is 5.26. The first kappa shape index (κ1) is 12.2. The highest BCUT2D eigenvalue weighted by Gasteiger charge is 2.26. The van der Waals surface area contributed by atoms with Crippen LogP contribution in [0.1, 0.15) is 47.3 Å². The summed E-state index contributed by atoms with van der Waals surface area (Å²) in [7, 11) is 5.89. The summed E-state index contributed by atoms with van der Waals surface area (Å²) in [4.78, 5) is 16.0. The lowest BCUT2D eigenvalue weighted by atomic mass is 9.87. The fourth-order valence-electron chi connectivity index (χ4n) is 2.36. The molecule has 3 rings (SSSR count). The van der Waals surface area contributed by atoms with E-state index in [1.54, 1.807) is 0 Å². The summed E-state index contributed by atoms with van der Waals surface area (Å²) >= 11 is 0. The maximum absolute atomic E-state index is 11.6. The van der Waals surface area contributed by atoms with E-state index in [9.17, 15) is 4.79 Å². The van der Waals surface area contributed by atoms with E-state index in [4.69, 9.17) is 7.85 Å². The molecule has 1 fully saturated rings. The van der Waals surface area contributed by atoms with Crippen molar-refractivity contribution in [2.75, 3.05) is 0 Å². The molecule has 0 unspecified atom stereocenters. The molecule has 1 aromatic heterocycles. The van der Waals surface area contributed by atoms with E-state index < -0.39 is 0 Å². The first-order valence-electron chi connectivity index (χ1n) is 6.51. The maximum Gasteiger partial charge on any atom is 0.159 e. The second-order valence-electron chi connectivity index (χ2n) is 5.26. The summed E-state index contributed by atoms with van der Waals surface area (Å²) in [6.07, 6.45) is 6.34. The summed E-state index contributed by atoms with van der Waals surface area (Å²) in [5.41, 5.74) is 4.26. The van der Waals surface area contributed by atoms with Gasteiger partial charge in [-0.15, -0.1) is 0 Å². The molecular formula is C15H15BN2O. The first-order chi connectivity index (χ1) is 9.06. The lowest BCUT2D eigenvalue weighted by Gasteiger charge is -2.11. The molecule has 0 spiro atoms. The van der Waals surface area contributed by atoms with Crippen LogP contribution >= 0.6 is 0 Å². The smallest absolute Gasteiger partial charge is 0.159 e. The van der Waals surface area contributed by atoms with Crippen molar-refractivity contribution >= 4 is 19.1 Å². The van der Waals surface area contributed by atoms with Crippen LogP contribution in [0.4, 0.5) is 0 Å². The fourth-order valence-corrected chi connectivity index (χ4v) is 2.36. The normalized spacial score (nSPS) is 14.6. The minimum Gasteiger partial charge on any atom is -0.306 e. The van der Waals surface area contributed by atoms with Gasteiger partial charge in [-0.05, 0) is 38.3 Å². The van der Waals surface area contributed by atoms with E-state index in [0.717, 1.165) is 16.9 Å². The molecule has 94 valence electrons. The van der Waals surface area contributed by atoms with Crippen molar-refractivity contribution in [1.82, 2.24) is 9.55 Å². The average molecular weight is 250 g/mol. The molecule has 2 aromatic rings. The number of nitrogens with zero attached hydrogens (tertiary/aromatic N) is 2. The topological polar surface area (TPSA) is 34.9 Å². The number of carbonyl (C=O) groups is 1. The molecule has 0 amide bonds. The highest BCUT2D eigenvalue weighted by molar-refractivity contribution is 6.36. The van der Waals surface area contributed by atoms with E-state index in [1.807, 2.05) is 30.0 Å². The number of aryl methyl sites for hydroxylation is 1. The highest BCUT2D eigenvalue weighted by atomic mass is 16.1. The molecule has 0 N–H and O–H groups in total. The molecule has 3 nitrogen and oxygen atoms in total. The van der Waals surface area contributed by atoms with Crippen molar-refractivity contribution in [2.45, 2.75) is 32.6 Å². The van der Waals surface area contributed by atoms with E-state index in [1.165, 1.54) is 19.8 Å². The Morgan fingerprint density at radius 2 is 2.16 bits per heavy atom. The predicted octanol–water partition coefficient (Wildman–Crippen LogP) is 2.05. The molecule has 1 aromatic carbocycles. The molecule has 19 heavy (non-hydrogen) atoms. The number of benzene rings is 1. The van der Waals surface area contributed by atoms with Crippen LogP contribution in [0.25, 0.3) is 5.69 Å². The maximum atomic E-state index is 11.6. The van der Waals surface area contributed by atoms with Crippen LogP contribution in [0, 0.1) is 6.92 Å². The summed E-state index contributed by atoms with van der Waals surface area (Å²) in [5.74, 6) is 0.615. The van der Waals surface area contributed by atoms with Crippen LogP contribution < -0.4 is 5.46 Å². The van der Waals surface area contributed by atoms with Gasteiger partial charge in [-0.25, -0.2) is 4.98 Å². The van der Waals surface area contributed by atoms with Crippen molar-refractivity contribution in [1.29, 1.82) is 0 Å². The van der Waals surface area contributed by atoms with Gasteiger partial charge in [0.25, 0.3) is 0 Å². The number of imidazole rings is 1. The zero-order valence-electron chi connectivity index (χ0n) is 11.2. The Balaban J connectivity index is 2.07. The Labute approximate surface area is 114 Å². The van der Waals surface area contributed by atoms with E-state index in [0.29, 0.717) is 16.9 Å². The molecule has 4 heteroatoms. The monoisotopic (exact) mass is 250 g/mol. The molecule has 0 saturated heterocycles. The van der Waals surface area contributed by atoms with Gasteiger partial charge in [-0.2, -0.15) is 0 Å². The van der Waals surface area contributed by atoms with Crippen molar-refractivity contribution in [2.24, 2.45) is 0 Å². The Hall–Kier alpha value is -1.84. The van der Waals surface area contributed by atoms with Crippen molar-refractivity contribution in [3.05, 3.63) is 41.5 Å². The summed E-state index contributed by atoms with van der Waals surface area (Å²) in [5, 5.41) is 0. The third-order valence-electron chi connectivity index (χ3n) is 3.62. The van der Waals surface area contributed by atoms with Gasteiger partial charge in [0.2, 0.25) is 0 Å². The minimum absolute atomic E-state index is 0.0127. The molecule has 0 atom stereocenters. The van der Waals surface area contributed by atoms with E-state index >= 15 is 0 Å². The van der Waals surface area contributed by atoms with Gasteiger partial charge in [0.1, 0.15) is 7.85 Å². The van der Waals surface area contributed by atoms with E-state index in [-0.39, 0.29) is 5.78 Å². The second kappa shape index (κ2) is 4.37. The van der Waals surface area contributed by atoms with Crippen LogP contribution in [0.2, 0.25) is 0 Å². The zero-order valence-corrected chi connectivity index (χ0v) is 11.2. The van der Waals surface area contributed by atoms with E-state index in [2.05, 4.69) is 11.2 Å². The van der Waals surface area contributed by atoms with Crippen LogP contribution in [-0.4, -0.2) is 23.2 Å². The molecule has 1 aliphatic carbocycles. The molecular weight excluding hydrogens is 235 g/mol. The first-order valence-corrected chi connectivity index (χ1v) is 6.51. The van der Waals surface area contributed by atoms with Gasteiger partial charge in [0.05, 0.1) is 17.7 Å². The van der Waals surface area contributed by atoms with Gasteiger partial charge < -0.3 is 4.57 Å². The quantitative estimate of drug-likeness (QED) is 0.617. The lowest BCUT2D eigenvalue weighted by Crippen LogP contribution is -2.16. The van der Waals surface area contributed by atoms with Crippen molar-refractivity contribution < 1.29 is 4.79 Å². The Morgan fingerprint density at radius 3 is 2.79 bits per heavy atom.